The average molecular weight is 370 g/mol. The maximum Gasteiger partial charge on any atom is 0.201 e. The van der Waals surface area contributed by atoms with Crippen molar-refractivity contribution in [3.63, 3.8) is 0 Å². The topological polar surface area (TPSA) is 50.8 Å². The lowest BCUT2D eigenvalue weighted by atomic mass is 10.1. The van der Waals surface area contributed by atoms with Crippen LogP contribution in [0.25, 0.3) is 0 Å². The van der Waals surface area contributed by atoms with Crippen molar-refractivity contribution in [2.24, 2.45) is 10.7 Å². The molecule has 0 radical (unpaired) electrons. The molecule has 0 fully saturated rings. The van der Waals surface area contributed by atoms with Gasteiger partial charge in [-0.25, -0.2) is 4.99 Å². The number of aliphatic imine (C=N–C) groups is 1. The van der Waals surface area contributed by atoms with Gasteiger partial charge in [0, 0.05) is 11.4 Å². The Balaban J connectivity index is 2.47. The summed E-state index contributed by atoms with van der Waals surface area (Å²) in [4.78, 5) is 6.63. The van der Waals surface area contributed by atoms with Gasteiger partial charge in [-0.15, -0.1) is 0 Å². The first-order chi connectivity index (χ1) is 12.5. The van der Waals surface area contributed by atoms with Crippen molar-refractivity contribution >= 4 is 34.6 Å². The minimum atomic E-state index is -0.238. The molecule has 4 nitrogen and oxygen atoms in total. The summed E-state index contributed by atoms with van der Waals surface area (Å²) in [5.74, 6) is 0.399. The molecule has 0 aliphatic rings. The van der Waals surface area contributed by atoms with Gasteiger partial charge in [0.05, 0.1) is 7.11 Å². The number of aryl methyl sites for hydroxylation is 2. The van der Waals surface area contributed by atoms with Crippen LogP contribution in [0.15, 0.2) is 53.5 Å². The number of guanidine groups is 1. The molecule has 0 aromatic heterocycles. The summed E-state index contributed by atoms with van der Waals surface area (Å²) in [7, 11) is 1.58. The number of hydrogen-bond donors (Lipinski definition) is 1. The third-order valence-electron chi connectivity index (χ3n) is 4.14. The van der Waals surface area contributed by atoms with Crippen LogP contribution >= 0.6 is 12.2 Å². The van der Waals surface area contributed by atoms with Crippen LogP contribution in [-0.2, 0) is 4.74 Å². The average Bonchev–Trinajstić information content (AvgIpc) is 2.64. The standard InChI is InChI=1S/C21H27N3OS/c1-5-6-19(20(26)25-4)23-21(22)24(17-11-7-15(2)8-12-17)18-13-9-16(3)10-14-18/h7-14,19H,5-6H2,1-4H3,(H2,22,23). The van der Waals surface area contributed by atoms with Crippen molar-refractivity contribution in [1.29, 1.82) is 0 Å². The molecule has 0 bridgehead atoms. The van der Waals surface area contributed by atoms with Crippen molar-refractivity contribution < 1.29 is 4.74 Å². The van der Waals surface area contributed by atoms with Gasteiger partial charge in [0.25, 0.3) is 0 Å². The van der Waals surface area contributed by atoms with Gasteiger partial charge >= 0.3 is 0 Å². The Kier molecular flexibility index (Phi) is 7.16. The Bertz CT molecular complexity index is 708. The van der Waals surface area contributed by atoms with Crippen LogP contribution in [-0.4, -0.2) is 24.2 Å². The number of nitrogens with two attached hydrogens (primary N) is 1. The van der Waals surface area contributed by atoms with E-state index in [0.29, 0.717) is 11.0 Å². The molecule has 2 rings (SSSR count). The maximum absolute atomic E-state index is 6.44. The lowest BCUT2D eigenvalue weighted by Gasteiger charge is -2.25. The maximum atomic E-state index is 6.44. The number of thiocarbonyl (C=S) groups is 1. The number of methoxy groups -OCH3 is 1. The van der Waals surface area contributed by atoms with Gasteiger partial charge in [0.15, 0.2) is 5.05 Å². The van der Waals surface area contributed by atoms with E-state index in [0.717, 1.165) is 24.2 Å². The molecule has 0 aliphatic carbocycles. The summed E-state index contributed by atoms with van der Waals surface area (Å²) in [5.41, 5.74) is 10.7. The van der Waals surface area contributed by atoms with Crippen LogP contribution in [0.4, 0.5) is 11.4 Å². The number of hydrogen-bond acceptors (Lipinski definition) is 3. The number of anilines is 2. The summed E-state index contributed by atoms with van der Waals surface area (Å²) in [6, 6.07) is 16.2. The van der Waals surface area contributed by atoms with Gasteiger partial charge in [-0.05, 0) is 56.8 Å². The lowest BCUT2D eigenvalue weighted by molar-refractivity contribution is 0.390. The highest BCUT2D eigenvalue weighted by atomic mass is 32.1. The second kappa shape index (κ2) is 9.34. The molecule has 2 aromatic carbocycles. The van der Waals surface area contributed by atoms with Crippen molar-refractivity contribution in [3.05, 3.63) is 59.7 Å². The highest BCUT2D eigenvalue weighted by Crippen LogP contribution is 2.26. The fourth-order valence-corrected chi connectivity index (χ4v) is 2.83. The zero-order valence-corrected chi connectivity index (χ0v) is 16.7. The first kappa shape index (κ1) is 19.9. The SMILES string of the molecule is CCCC(N=C(N)N(c1ccc(C)cc1)c1ccc(C)cc1)C(=S)OC. The molecule has 26 heavy (non-hydrogen) atoms. The molecule has 0 heterocycles. The van der Waals surface area contributed by atoms with Crippen molar-refractivity contribution in [1.82, 2.24) is 0 Å². The number of ether oxygens (including phenoxy) is 1. The molecule has 0 spiro atoms. The number of benzene rings is 2. The van der Waals surface area contributed by atoms with Crippen LogP contribution < -0.4 is 10.6 Å². The summed E-state index contributed by atoms with van der Waals surface area (Å²) in [5, 5.41) is 0.461. The first-order valence-corrected chi connectivity index (χ1v) is 9.21. The molecule has 5 heteroatoms. The van der Waals surface area contributed by atoms with Crippen molar-refractivity contribution in [2.75, 3.05) is 12.0 Å². The molecule has 0 saturated carbocycles. The second-order valence-electron chi connectivity index (χ2n) is 6.32. The highest BCUT2D eigenvalue weighted by Gasteiger charge is 2.18. The molecule has 138 valence electrons. The van der Waals surface area contributed by atoms with Gasteiger partial charge in [-0.2, -0.15) is 0 Å². The third kappa shape index (κ3) is 5.05. The van der Waals surface area contributed by atoms with E-state index < -0.39 is 0 Å². The van der Waals surface area contributed by atoms with Crippen LogP contribution in [0.1, 0.15) is 30.9 Å². The predicted octanol–water partition coefficient (Wildman–Crippen LogP) is 4.90. The van der Waals surface area contributed by atoms with Crippen molar-refractivity contribution in [2.45, 2.75) is 39.7 Å². The minimum absolute atomic E-state index is 0.238. The molecule has 2 N–H and O–H groups in total. The monoisotopic (exact) mass is 369 g/mol. The lowest BCUT2D eigenvalue weighted by Crippen LogP contribution is -2.36. The van der Waals surface area contributed by atoms with Gasteiger partial charge in [0.2, 0.25) is 5.96 Å². The van der Waals surface area contributed by atoms with E-state index in [9.17, 15) is 0 Å². The summed E-state index contributed by atoms with van der Waals surface area (Å²) in [6.45, 7) is 6.21. The molecule has 0 aliphatic heterocycles. The van der Waals surface area contributed by atoms with Gasteiger partial charge in [-0.3, -0.25) is 4.90 Å². The van der Waals surface area contributed by atoms with E-state index >= 15 is 0 Å². The van der Waals surface area contributed by atoms with E-state index in [1.165, 1.54) is 11.1 Å². The third-order valence-corrected chi connectivity index (χ3v) is 4.58. The molecule has 0 saturated heterocycles. The first-order valence-electron chi connectivity index (χ1n) is 8.80. The van der Waals surface area contributed by atoms with Crippen LogP contribution in [0.2, 0.25) is 0 Å². The van der Waals surface area contributed by atoms with Crippen molar-refractivity contribution in [3.8, 4) is 0 Å². The Morgan fingerprint density at radius 1 is 1.04 bits per heavy atom. The van der Waals surface area contributed by atoms with E-state index in [1.54, 1.807) is 7.11 Å². The van der Waals surface area contributed by atoms with E-state index in [1.807, 2.05) is 29.2 Å². The summed E-state index contributed by atoms with van der Waals surface area (Å²) in [6.07, 6.45) is 1.74. The molecular weight excluding hydrogens is 342 g/mol. The molecule has 0 amide bonds. The molecule has 2 aromatic rings. The zero-order valence-electron chi connectivity index (χ0n) is 15.9. The van der Waals surface area contributed by atoms with Gasteiger partial charge in [0.1, 0.15) is 6.04 Å². The van der Waals surface area contributed by atoms with E-state index in [-0.39, 0.29) is 6.04 Å². The van der Waals surface area contributed by atoms with Gasteiger partial charge < -0.3 is 10.5 Å². The smallest absolute Gasteiger partial charge is 0.201 e. The summed E-state index contributed by atoms with van der Waals surface area (Å²) >= 11 is 5.31. The molecular formula is C21H27N3OS. The second-order valence-corrected chi connectivity index (χ2v) is 6.72. The molecule has 1 unspecified atom stereocenters. The van der Waals surface area contributed by atoms with Gasteiger partial charge in [-0.1, -0.05) is 48.7 Å². The Morgan fingerprint density at radius 2 is 1.50 bits per heavy atom. The van der Waals surface area contributed by atoms with Crippen LogP contribution in [0.5, 0.6) is 0 Å². The zero-order chi connectivity index (χ0) is 19.1. The quantitative estimate of drug-likeness (QED) is 0.447. The molecule has 1 atom stereocenters. The summed E-state index contributed by atoms with van der Waals surface area (Å²) < 4.78 is 5.24. The Labute approximate surface area is 161 Å². The minimum Gasteiger partial charge on any atom is -0.488 e. The van der Waals surface area contributed by atoms with E-state index in [2.05, 4.69) is 50.0 Å². The predicted molar refractivity (Wildman–Crippen MR) is 114 cm³/mol. The number of rotatable bonds is 6. The Hall–Kier alpha value is -2.40. The van der Waals surface area contributed by atoms with Crippen LogP contribution in [0, 0.1) is 13.8 Å². The Morgan fingerprint density at radius 3 is 1.88 bits per heavy atom. The highest BCUT2D eigenvalue weighted by molar-refractivity contribution is 7.80. The number of nitrogens with zero attached hydrogens (tertiary/aromatic N) is 2. The van der Waals surface area contributed by atoms with E-state index in [4.69, 9.17) is 22.7 Å². The normalized spacial score (nSPS) is 12.5. The van der Waals surface area contributed by atoms with Crippen LogP contribution in [0.3, 0.4) is 0 Å². The largest absolute Gasteiger partial charge is 0.488 e. The fourth-order valence-electron chi connectivity index (χ4n) is 2.66. The fraction of sp³-hybridized carbons (Fsp3) is 0.333.